The van der Waals surface area contributed by atoms with Crippen molar-refractivity contribution in [2.24, 2.45) is 0 Å². The van der Waals surface area contributed by atoms with Crippen molar-refractivity contribution in [2.45, 2.75) is 26.2 Å². The first-order chi connectivity index (χ1) is 9.25. The van der Waals surface area contributed by atoms with Gasteiger partial charge in [0, 0.05) is 19.4 Å². The maximum atomic E-state index is 11.7. The van der Waals surface area contributed by atoms with Crippen molar-refractivity contribution >= 4 is 5.91 Å². The van der Waals surface area contributed by atoms with E-state index in [0.29, 0.717) is 19.4 Å². The number of carbonyl (C=O) groups is 1. The molecule has 0 bridgehead atoms. The van der Waals surface area contributed by atoms with Gasteiger partial charge in [0.15, 0.2) is 0 Å². The lowest BCUT2D eigenvalue weighted by Gasteiger charge is -2.06. The number of aryl methyl sites for hydroxylation is 2. The van der Waals surface area contributed by atoms with E-state index in [4.69, 9.17) is 0 Å². The van der Waals surface area contributed by atoms with E-state index >= 15 is 0 Å². The molecular weight excluding hydrogens is 240 g/mol. The summed E-state index contributed by atoms with van der Waals surface area (Å²) in [6.07, 6.45) is 3.44. The number of rotatable bonds is 6. The van der Waals surface area contributed by atoms with Crippen molar-refractivity contribution in [3.63, 3.8) is 0 Å². The van der Waals surface area contributed by atoms with E-state index in [0.717, 1.165) is 12.2 Å². The van der Waals surface area contributed by atoms with Gasteiger partial charge in [-0.25, -0.2) is 4.98 Å². The molecular formula is C14H18N4O. The smallest absolute Gasteiger partial charge is 0.220 e. The Kier molecular flexibility index (Phi) is 4.66. The van der Waals surface area contributed by atoms with Gasteiger partial charge in [0.2, 0.25) is 5.91 Å². The van der Waals surface area contributed by atoms with Crippen molar-refractivity contribution in [3.8, 4) is 0 Å². The molecule has 0 unspecified atom stereocenters. The van der Waals surface area contributed by atoms with E-state index in [1.165, 1.54) is 17.5 Å². The maximum absolute atomic E-state index is 11.7. The number of benzene rings is 1. The SMILES string of the molecule is Cc1ccccc1CCC(=O)NCCc1ncn[nH]1. The van der Waals surface area contributed by atoms with Gasteiger partial charge >= 0.3 is 0 Å². The molecule has 0 saturated heterocycles. The topological polar surface area (TPSA) is 70.7 Å². The van der Waals surface area contributed by atoms with Gasteiger partial charge in [0.25, 0.3) is 0 Å². The van der Waals surface area contributed by atoms with Crippen LogP contribution < -0.4 is 5.32 Å². The summed E-state index contributed by atoms with van der Waals surface area (Å²) in [7, 11) is 0. The quantitative estimate of drug-likeness (QED) is 0.823. The molecule has 2 aromatic rings. The molecule has 0 aliphatic heterocycles. The number of hydrogen-bond acceptors (Lipinski definition) is 3. The zero-order valence-corrected chi connectivity index (χ0v) is 11.0. The van der Waals surface area contributed by atoms with Gasteiger partial charge in [-0.2, -0.15) is 5.10 Å². The summed E-state index contributed by atoms with van der Waals surface area (Å²) in [5.74, 6) is 0.863. The van der Waals surface area contributed by atoms with Crippen LogP contribution in [0.5, 0.6) is 0 Å². The third kappa shape index (κ3) is 4.21. The van der Waals surface area contributed by atoms with E-state index in [1.54, 1.807) is 0 Å². The van der Waals surface area contributed by atoms with Gasteiger partial charge in [-0.15, -0.1) is 0 Å². The lowest BCUT2D eigenvalue weighted by molar-refractivity contribution is -0.121. The minimum Gasteiger partial charge on any atom is -0.356 e. The number of aromatic nitrogens is 3. The fourth-order valence-corrected chi connectivity index (χ4v) is 1.90. The molecule has 0 aliphatic rings. The summed E-state index contributed by atoms with van der Waals surface area (Å²) >= 11 is 0. The summed E-state index contributed by atoms with van der Waals surface area (Å²) in [6, 6.07) is 8.15. The van der Waals surface area contributed by atoms with Gasteiger partial charge < -0.3 is 5.32 Å². The Morgan fingerprint density at radius 2 is 2.16 bits per heavy atom. The molecule has 1 aromatic heterocycles. The molecule has 0 radical (unpaired) electrons. The number of nitrogens with one attached hydrogen (secondary N) is 2. The molecule has 0 fully saturated rings. The van der Waals surface area contributed by atoms with Crippen LogP contribution in [0.15, 0.2) is 30.6 Å². The zero-order chi connectivity index (χ0) is 13.5. The molecule has 0 atom stereocenters. The Balaban J connectivity index is 1.69. The Bertz CT molecular complexity index is 522. The van der Waals surface area contributed by atoms with Crippen LogP contribution in [0.3, 0.4) is 0 Å². The number of H-pyrrole nitrogens is 1. The molecule has 1 heterocycles. The Morgan fingerprint density at radius 1 is 1.32 bits per heavy atom. The summed E-state index contributed by atoms with van der Waals surface area (Å²) in [5, 5.41) is 9.40. The fraction of sp³-hybridized carbons (Fsp3) is 0.357. The van der Waals surface area contributed by atoms with E-state index in [9.17, 15) is 4.79 Å². The highest BCUT2D eigenvalue weighted by Gasteiger charge is 2.04. The van der Waals surface area contributed by atoms with Gasteiger partial charge in [-0.3, -0.25) is 9.89 Å². The molecule has 1 amide bonds. The minimum absolute atomic E-state index is 0.0720. The first-order valence-electron chi connectivity index (χ1n) is 6.41. The molecule has 5 nitrogen and oxygen atoms in total. The first kappa shape index (κ1) is 13.3. The summed E-state index contributed by atoms with van der Waals surface area (Å²) in [4.78, 5) is 15.7. The van der Waals surface area contributed by atoms with E-state index in [-0.39, 0.29) is 5.91 Å². The summed E-state index contributed by atoms with van der Waals surface area (Å²) in [5.41, 5.74) is 2.46. The molecule has 19 heavy (non-hydrogen) atoms. The van der Waals surface area contributed by atoms with Crippen molar-refractivity contribution in [2.75, 3.05) is 6.54 Å². The third-order valence-electron chi connectivity index (χ3n) is 3.03. The molecule has 0 spiro atoms. The predicted molar refractivity (Wildman–Crippen MR) is 72.6 cm³/mol. The van der Waals surface area contributed by atoms with Crippen LogP contribution >= 0.6 is 0 Å². The second-order valence-electron chi connectivity index (χ2n) is 4.46. The second-order valence-corrected chi connectivity index (χ2v) is 4.46. The molecule has 0 aliphatic carbocycles. The first-order valence-corrected chi connectivity index (χ1v) is 6.41. The fourth-order valence-electron chi connectivity index (χ4n) is 1.90. The second kappa shape index (κ2) is 6.68. The highest BCUT2D eigenvalue weighted by molar-refractivity contribution is 5.76. The van der Waals surface area contributed by atoms with Gasteiger partial charge in [-0.05, 0) is 24.5 Å². The summed E-state index contributed by atoms with van der Waals surface area (Å²) in [6.45, 7) is 2.65. The molecule has 0 saturated carbocycles. The van der Waals surface area contributed by atoms with E-state index in [1.807, 2.05) is 12.1 Å². The highest BCUT2D eigenvalue weighted by atomic mass is 16.1. The van der Waals surface area contributed by atoms with Crippen LogP contribution in [-0.4, -0.2) is 27.6 Å². The third-order valence-corrected chi connectivity index (χ3v) is 3.03. The lowest BCUT2D eigenvalue weighted by Crippen LogP contribution is -2.26. The number of hydrogen-bond donors (Lipinski definition) is 2. The van der Waals surface area contributed by atoms with Crippen LogP contribution in [0.25, 0.3) is 0 Å². The molecule has 2 N–H and O–H groups in total. The molecule has 100 valence electrons. The average Bonchev–Trinajstić information content (AvgIpc) is 2.91. The average molecular weight is 258 g/mol. The van der Waals surface area contributed by atoms with Crippen LogP contribution in [0, 0.1) is 6.92 Å². The van der Waals surface area contributed by atoms with Gasteiger partial charge in [-0.1, -0.05) is 24.3 Å². The van der Waals surface area contributed by atoms with Crippen LogP contribution in [0.4, 0.5) is 0 Å². The molecule has 5 heteroatoms. The van der Waals surface area contributed by atoms with Crippen molar-refractivity contribution in [1.29, 1.82) is 0 Å². The van der Waals surface area contributed by atoms with Crippen molar-refractivity contribution < 1.29 is 4.79 Å². The Morgan fingerprint density at radius 3 is 2.89 bits per heavy atom. The number of aromatic amines is 1. The Hall–Kier alpha value is -2.17. The van der Waals surface area contributed by atoms with Crippen LogP contribution in [0.2, 0.25) is 0 Å². The van der Waals surface area contributed by atoms with Crippen LogP contribution in [-0.2, 0) is 17.6 Å². The maximum Gasteiger partial charge on any atom is 0.220 e. The monoisotopic (exact) mass is 258 g/mol. The van der Waals surface area contributed by atoms with Crippen molar-refractivity contribution in [1.82, 2.24) is 20.5 Å². The molecule has 1 aromatic carbocycles. The number of carbonyl (C=O) groups excluding carboxylic acids is 1. The van der Waals surface area contributed by atoms with E-state index < -0.39 is 0 Å². The number of nitrogens with zero attached hydrogens (tertiary/aromatic N) is 2. The predicted octanol–water partition coefficient (Wildman–Crippen LogP) is 1.40. The highest BCUT2D eigenvalue weighted by Crippen LogP contribution is 2.09. The minimum atomic E-state index is 0.0720. The summed E-state index contributed by atoms with van der Waals surface area (Å²) < 4.78 is 0. The molecule has 2 rings (SSSR count). The Labute approximate surface area is 112 Å². The van der Waals surface area contributed by atoms with Gasteiger partial charge in [0.05, 0.1) is 0 Å². The van der Waals surface area contributed by atoms with Crippen molar-refractivity contribution in [3.05, 3.63) is 47.5 Å². The number of amides is 1. The van der Waals surface area contributed by atoms with Gasteiger partial charge in [0.1, 0.15) is 12.2 Å². The standard InChI is InChI=1S/C14H18N4O/c1-11-4-2-3-5-12(11)6-7-14(19)15-9-8-13-16-10-17-18-13/h2-5,10H,6-9H2,1H3,(H,15,19)(H,16,17,18). The lowest BCUT2D eigenvalue weighted by atomic mass is 10.0. The van der Waals surface area contributed by atoms with E-state index in [2.05, 4.69) is 39.6 Å². The zero-order valence-electron chi connectivity index (χ0n) is 11.0. The normalized spacial score (nSPS) is 10.4. The largest absolute Gasteiger partial charge is 0.356 e. The van der Waals surface area contributed by atoms with Crippen LogP contribution in [0.1, 0.15) is 23.4 Å².